The smallest absolute Gasteiger partial charge is 0.416 e. The third-order valence-electron chi connectivity index (χ3n) is 9.69. The minimum Gasteiger partial charge on any atom is -0.467 e. The van der Waals surface area contributed by atoms with Crippen molar-refractivity contribution in [1.82, 2.24) is 20.1 Å². The molecule has 0 saturated carbocycles. The number of aromatic nitrogens is 1. The van der Waals surface area contributed by atoms with E-state index in [-0.39, 0.29) is 30.6 Å². The van der Waals surface area contributed by atoms with E-state index in [1.165, 1.54) is 16.9 Å². The van der Waals surface area contributed by atoms with Gasteiger partial charge >= 0.3 is 18.2 Å². The highest BCUT2D eigenvalue weighted by atomic mass is 16.6. The van der Waals surface area contributed by atoms with Gasteiger partial charge in [-0.3, -0.25) is 19.4 Å². The third-order valence-corrected chi connectivity index (χ3v) is 9.69. The molecule has 0 aliphatic carbocycles. The number of para-hydroxylation sites is 2. The van der Waals surface area contributed by atoms with Crippen molar-refractivity contribution in [1.29, 1.82) is 0 Å². The second-order valence-corrected chi connectivity index (χ2v) is 16.3. The number of carbonyl (C=O) groups excluding carboxylic acids is 5. The molecule has 278 valence electrons. The van der Waals surface area contributed by atoms with E-state index >= 15 is 0 Å². The van der Waals surface area contributed by atoms with Gasteiger partial charge in [-0.25, -0.2) is 14.4 Å². The lowest BCUT2D eigenvalue weighted by atomic mass is 9.86. The number of carbonyl (C=O) groups is 5. The van der Waals surface area contributed by atoms with Crippen LogP contribution in [0.5, 0.6) is 0 Å². The van der Waals surface area contributed by atoms with Crippen LogP contribution < -0.4 is 15.5 Å². The quantitative estimate of drug-likeness (QED) is 0.261. The standard InChI is InChI=1S/C39H49N5O8/c1-22(2)18-26-31(45)41-27(32(46)40-26)19-23-21-42(28-16-12-10-14-24(23)28)39-20-30(33(47)50-9)44(36(49)52-38(6,7)8)34(39)43(35(48)51-37(3,4)5)29-17-13-11-15-25(29)39/h10-17,21-22,26-27,30,34H,18-20H2,1-9H3,(H,40,46)(H,41,45)/t26-,27+,30-,34+,39-/m1/s1. The van der Waals surface area contributed by atoms with Crippen LogP contribution in [0.1, 0.15) is 79.4 Å². The molecule has 6 rings (SSSR count). The van der Waals surface area contributed by atoms with Crippen LogP contribution in [0.25, 0.3) is 10.9 Å². The zero-order valence-electron chi connectivity index (χ0n) is 31.3. The van der Waals surface area contributed by atoms with Gasteiger partial charge in [-0.05, 0) is 71.6 Å². The summed E-state index contributed by atoms with van der Waals surface area (Å²) < 4.78 is 19.2. The molecule has 2 aromatic carbocycles. The molecule has 13 heteroatoms. The normalized spacial score (nSPS) is 24.3. The van der Waals surface area contributed by atoms with Gasteiger partial charge < -0.3 is 29.4 Å². The molecule has 0 spiro atoms. The number of ether oxygens (including phenoxy) is 3. The molecule has 3 aliphatic rings. The fraction of sp³-hybridized carbons (Fsp3) is 0.513. The maximum absolute atomic E-state index is 14.3. The Morgan fingerprint density at radius 3 is 2.12 bits per heavy atom. The van der Waals surface area contributed by atoms with E-state index in [1.54, 1.807) is 53.7 Å². The predicted octanol–water partition coefficient (Wildman–Crippen LogP) is 5.22. The number of piperazine rings is 1. The number of nitrogens with one attached hydrogen (secondary N) is 2. The van der Waals surface area contributed by atoms with Crippen LogP contribution in [0.4, 0.5) is 15.3 Å². The number of fused-ring (bicyclic) bond motifs is 4. The van der Waals surface area contributed by atoms with E-state index in [1.807, 2.05) is 61.0 Å². The summed E-state index contributed by atoms with van der Waals surface area (Å²) in [7, 11) is 1.26. The zero-order chi connectivity index (χ0) is 37.9. The number of amides is 4. The highest BCUT2D eigenvalue weighted by Crippen LogP contribution is 2.57. The largest absolute Gasteiger partial charge is 0.467 e. The summed E-state index contributed by atoms with van der Waals surface area (Å²) in [6, 6.07) is 12.4. The van der Waals surface area contributed by atoms with Crippen molar-refractivity contribution in [2.75, 3.05) is 12.0 Å². The lowest BCUT2D eigenvalue weighted by Gasteiger charge is -2.39. The molecule has 3 aromatic rings. The maximum atomic E-state index is 14.3. The summed E-state index contributed by atoms with van der Waals surface area (Å²) >= 11 is 0. The van der Waals surface area contributed by atoms with Crippen LogP contribution >= 0.6 is 0 Å². The van der Waals surface area contributed by atoms with Crippen LogP contribution in [0, 0.1) is 5.92 Å². The molecule has 52 heavy (non-hydrogen) atoms. The van der Waals surface area contributed by atoms with Crippen molar-refractivity contribution in [3.05, 3.63) is 65.9 Å². The van der Waals surface area contributed by atoms with Gasteiger partial charge in [0.2, 0.25) is 11.8 Å². The first-order valence-electron chi connectivity index (χ1n) is 17.8. The highest BCUT2D eigenvalue weighted by molar-refractivity contribution is 5.98. The van der Waals surface area contributed by atoms with E-state index < -0.39 is 59.2 Å². The minimum atomic E-state index is -1.26. The Kier molecular flexibility index (Phi) is 9.29. The van der Waals surface area contributed by atoms with Gasteiger partial charge in [0.1, 0.15) is 41.0 Å². The molecule has 0 unspecified atom stereocenters. The second kappa shape index (κ2) is 13.2. The van der Waals surface area contributed by atoms with Crippen molar-refractivity contribution in [2.45, 2.75) is 116 Å². The van der Waals surface area contributed by atoms with E-state index in [4.69, 9.17) is 14.2 Å². The molecule has 3 aliphatic heterocycles. The fourth-order valence-corrected chi connectivity index (χ4v) is 7.82. The van der Waals surface area contributed by atoms with Gasteiger partial charge in [0.25, 0.3) is 0 Å². The van der Waals surface area contributed by atoms with Crippen LogP contribution in [0.3, 0.4) is 0 Å². The number of esters is 1. The molecule has 0 bridgehead atoms. The molecule has 1 aromatic heterocycles. The summed E-state index contributed by atoms with van der Waals surface area (Å²) in [5.41, 5.74) is -0.408. The summed E-state index contributed by atoms with van der Waals surface area (Å²) in [5.74, 6) is -0.963. The van der Waals surface area contributed by atoms with Gasteiger partial charge in [0.05, 0.1) is 12.8 Å². The topological polar surface area (TPSA) is 149 Å². The molecule has 2 fully saturated rings. The molecule has 4 heterocycles. The van der Waals surface area contributed by atoms with Crippen molar-refractivity contribution in [3.8, 4) is 0 Å². The van der Waals surface area contributed by atoms with Crippen molar-refractivity contribution < 1.29 is 38.2 Å². The highest BCUT2D eigenvalue weighted by Gasteiger charge is 2.67. The number of nitrogens with zero attached hydrogens (tertiary/aromatic N) is 3. The first-order valence-corrected chi connectivity index (χ1v) is 17.8. The molecule has 0 radical (unpaired) electrons. The fourth-order valence-electron chi connectivity index (χ4n) is 7.82. The van der Waals surface area contributed by atoms with Crippen molar-refractivity contribution >= 4 is 46.6 Å². The van der Waals surface area contributed by atoms with E-state index in [9.17, 15) is 24.0 Å². The molecule has 4 amide bonds. The predicted molar refractivity (Wildman–Crippen MR) is 193 cm³/mol. The number of anilines is 1. The van der Waals surface area contributed by atoms with E-state index in [2.05, 4.69) is 10.6 Å². The number of hydrogen-bond acceptors (Lipinski definition) is 8. The minimum absolute atomic E-state index is 0.0234. The average molecular weight is 716 g/mol. The Labute approximate surface area is 303 Å². The van der Waals surface area contributed by atoms with Crippen molar-refractivity contribution in [2.24, 2.45) is 5.92 Å². The van der Waals surface area contributed by atoms with Gasteiger partial charge in [-0.15, -0.1) is 0 Å². The maximum Gasteiger partial charge on any atom is 0.416 e. The van der Waals surface area contributed by atoms with Gasteiger partial charge in [-0.1, -0.05) is 50.2 Å². The monoisotopic (exact) mass is 715 g/mol. The first kappa shape index (κ1) is 36.7. The average Bonchev–Trinajstić information content (AvgIpc) is 3.67. The number of methoxy groups -OCH3 is 1. The number of rotatable bonds is 6. The number of likely N-dealkylation sites (tertiary alicyclic amines) is 1. The molecule has 2 saturated heterocycles. The SMILES string of the molecule is COC(=O)[C@H]1C[C@@]2(n3cc(C[C@@H]4NC(=O)[C@@H](CC(C)C)NC4=O)c4ccccc43)c3ccccc3N(C(=O)OC(C)(C)C)[C@H]2N1C(=O)OC(C)(C)C. The summed E-state index contributed by atoms with van der Waals surface area (Å²) in [6.45, 7) is 14.5. The Bertz CT molecular complexity index is 1920. The number of benzene rings is 2. The van der Waals surface area contributed by atoms with E-state index in [0.717, 1.165) is 16.5 Å². The molecule has 13 nitrogen and oxygen atoms in total. The van der Waals surface area contributed by atoms with Crippen LogP contribution in [-0.4, -0.2) is 82.0 Å². The van der Waals surface area contributed by atoms with Gasteiger partial charge in [0, 0.05) is 35.5 Å². The summed E-state index contributed by atoms with van der Waals surface area (Å²) in [4.78, 5) is 71.6. The summed E-state index contributed by atoms with van der Waals surface area (Å²) in [6.07, 6.45) is -0.0260. The third kappa shape index (κ3) is 6.45. The lowest BCUT2D eigenvalue weighted by Crippen LogP contribution is -2.62. The zero-order valence-corrected chi connectivity index (χ0v) is 31.3. The Morgan fingerprint density at radius 1 is 0.865 bits per heavy atom. The summed E-state index contributed by atoms with van der Waals surface area (Å²) in [5, 5.41) is 6.64. The Balaban J connectivity index is 1.56. The Morgan fingerprint density at radius 2 is 1.46 bits per heavy atom. The molecular formula is C39H49N5O8. The molecule has 2 N–H and O–H groups in total. The molecular weight excluding hydrogens is 666 g/mol. The molecule has 5 atom stereocenters. The Hall–Kier alpha value is -5.07. The van der Waals surface area contributed by atoms with Crippen molar-refractivity contribution in [3.63, 3.8) is 0 Å². The number of hydrogen-bond donors (Lipinski definition) is 2. The van der Waals surface area contributed by atoms with Gasteiger partial charge in [0.15, 0.2) is 0 Å². The first-order chi connectivity index (χ1) is 24.4. The van der Waals surface area contributed by atoms with Crippen LogP contribution in [0.15, 0.2) is 54.7 Å². The van der Waals surface area contributed by atoms with Gasteiger partial charge in [-0.2, -0.15) is 0 Å². The second-order valence-electron chi connectivity index (χ2n) is 16.3. The van der Waals surface area contributed by atoms with Crippen LogP contribution in [-0.2, 0) is 40.6 Å². The van der Waals surface area contributed by atoms with Crippen LogP contribution in [0.2, 0.25) is 0 Å². The van der Waals surface area contributed by atoms with E-state index in [0.29, 0.717) is 17.7 Å². The lowest BCUT2D eigenvalue weighted by molar-refractivity contribution is -0.146.